The average molecular weight is 410 g/mol. The molecule has 1 unspecified atom stereocenters. The highest BCUT2D eigenvalue weighted by Gasteiger charge is 2.41. The Hall–Kier alpha value is -3.08. The summed E-state index contributed by atoms with van der Waals surface area (Å²) in [6.45, 7) is 0.0221. The first-order valence-electron chi connectivity index (χ1n) is 8.16. The van der Waals surface area contributed by atoms with E-state index in [0.717, 1.165) is 17.3 Å². The van der Waals surface area contributed by atoms with E-state index in [2.05, 4.69) is 10.6 Å². The van der Waals surface area contributed by atoms with Gasteiger partial charge in [-0.05, 0) is 5.56 Å². The normalized spacial score (nSPS) is 18.9. The quantitative estimate of drug-likeness (QED) is 0.308. The standard InChI is InChI=1S/C17H18N2O8S/c20-12(21)6-11(14(22)16(24)25)28-8-10-13(15(23)18-10)19-17(26)27-7-9-4-2-1-3-5-9/h1-5,10-11,13H,6-8H2,(H,18,23)(H,19,26)(H,20,21)(H,24,25)/t10-,11?,13+/m1/s1. The fraction of sp³-hybridized carbons (Fsp3) is 0.353. The number of carboxylic acids is 2. The van der Waals surface area contributed by atoms with E-state index in [9.17, 15) is 24.0 Å². The number of nitrogens with one attached hydrogen (secondary N) is 2. The monoisotopic (exact) mass is 410 g/mol. The molecule has 1 heterocycles. The number of aliphatic carboxylic acids is 2. The summed E-state index contributed by atoms with van der Waals surface area (Å²) in [7, 11) is 0. The van der Waals surface area contributed by atoms with Crippen molar-refractivity contribution in [1.29, 1.82) is 0 Å². The molecular weight excluding hydrogens is 392 g/mol. The molecule has 150 valence electrons. The Morgan fingerprint density at radius 1 is 1.18 bits per heavy atom. The average Bonchev–Trinajstić information content (AvgIpc) is 2.66. The summed E-state index contributed by atoms with van der Waals surface area (Å²) >= 11 is 0.795. The maximum atomic E-state index is 11.9. The number of hydrogen-bond acceptors (Lipinski definition) is 7. The van der Waals surface area contributed by atoms with Gasteiger partial charge in [-0.15, -0.1) is 11.8 Å². The molecule has 1 aromatic carbocycles. The highest BCUT2D eigenvalue weighted by molar-refractivity contribution is 8.00. The molecule has 3 atom stereocenters. The van der Waals surface area contributed by atoms with Gasteiger partial charge >= 0.3 is 18.0 Å². The lowest BCUT2D eigenvalue weighted by Crippen LogP contribution is -2.70. The van der Waals surface area contributed by atoms with E-state index in [4.69, 9.17) is 14.9 Å². The molecule has 1 aromatic rings. The van der Waals surface area contributed by atoms with Gasteiger partial charge in [0.25, 0.3) is 5.78 Å². The molecule has 2 rings (SSSR count). The van der Waals surface area contributed by atoms with Crippen LogP contribution in [-0.4, -0.2) is 63.0 Å². The second-order valence-electron chi connectivity index (χ2n) is 5.89. The van der Waals surface area contributed by atoms with E-state index < -0.39 is 53.5 Å². The number of benzene rings is 1. The molecule has 11 heteroatoms. The third kappa shape index (κ3) is 5.98. The smallest absolute Gasteiger partial charge is 0.408 e. The number of carboxylic acid groups (broad SMARTS) is 2. The van der Waals surface area contributed by atoms with Crippen molar-refractivity contribution in [3.63, 3.8) is 0 Å². The predicted molar refractivity (Wildman–Crippen MR) is 96.6 cm³/mol. The zero-order valence-corrected chi connectivity index (χ0v) is 15.3. The summed E-state index contributed by atoms with van der Waals surface area (Å²) in [5.74, 6) is -4.68. The molecule has 2 amide bonds. The predicted octanol–water partition coefficient (Wildman–Crippen LogP) is 0.01000. The van der Waals surface area contributed by atoms with Crippen LogP contribution in [0.3, 0.4) is 0 Å². The Labute approximate surface area is 163 Å². The first-order valence-corrected chi connectivity index (χ1v) is 9.21. The number of amides is 2. The molecule has 0 aromatic heterocycles. The summed E-state index contributed by atoms with van der Waals surface area (Å²) in [6, 6.07) is 7.43. The lowest BCUT2D eigenvalue weighted by atomic mass is 10.0. The van der Waals surface area contributed by atoms with E-state index in [1.807, 2.05) is 6.07 Å². The topological polar surface area (TPSA) is 159 Å². The van der Waals surface area contributed by atoms with Crippen LogP contribution >= 0.6 is 11.8 Å². The number of β-lactam (4-membered cyclic amide) rings is 1. The van der Waals surface area contributed by atoms with Gasteiger partial charge in [0, 0.05) is 5.75 Å². The van der Waals surface area contributed by atoms with Crippen LogP contribution in [-0.2, 0) is 30.5 Å². The Morgan fingerprint density at radius 2 is 1.86 bits per heavy atom. The van der Waals surface area contributed by atoms with Crippen molar-refractivity contribution < 1.29 is 38.9 Å². The molecule has 0 bridgehead atoms. The van der Waals surface area contributed by atoms with Crippen LogP contribution in [0.15, 0.2) is 30.3 Å². The van der Waals surface area contributed by atoms with Crippen molar-refractivity contribution in [3.8, 4) is 0 Å². The van der Waals surface area contributed by atoms with Gasteiger partial charge in [0.2, 0.25) is 5.91 Å². The molecule has 0 saturated carbocycles. The first kappa shape index (κ1) is 21.2. The summed E-state index contributed by atoms with van der Waals surface area (Å²) in [6.07, 6.45) is -1.46. The second-order valence-corrected chi connectivity index (χ2v) is 7.12. The molecule has 1 aliphatic rings. The highest BCUT2D eigenvalue weighted by atomic mass is 32.2. The number of carbonyl (C=O) groups is 5. The minimum absolute atomic E-state index is 0.0221. The van der Waals surface area contributed by atoms with Gasteiger partial charge in [-0.3, -0.25) is 14.4 Å². The van der Waals surface area contributed by atoms with E-state index >= 15 is 0 Å². The van der Waals surface area contributed by atoms with Crippen molar-refractivity contribution in [3.05, 3.63) is 35.9 Å². The number of rotatable bonds is 10. The lowest BCUT2D eigenvalue weighted by molar-refractivity contribution is -0.149. The van der Waals surface area contributed by atoms with Crippen LogP contribution in [0, 0.1) is 0 Å². The molecule has 10 nitrogen and oxygen atoms in total. The molecule has 0 radical (unpaired) electrons. The number of ether oxygens (including phenoxy) is 1. The van der Waals surface area contributed by atoms with E-state index in [1.54, 1.807) is 24.3 Å². The number of carbonyl (C=O) groups excluding carboxylic acids is 3. The lowest BCUT2D eigenvalue weighted by Gasteiger charge is -2.37. The fourth-order valence-corrected chi connectivity index (χ4v) is 3.61. The third-order valence-corrected chi connectivity index (χ3v) is 5.17. The SMILES string of the molecule is O=C(O)CC(SC[C@H]1NC(=O)[C@H]1NC(=O)OCc1ccccc1)C(=O)C(=O)O. The van der Waals surface area contributed by atoms with Gasteiger partial charge in [0.1, 0.15) is 12.6 Å². The fourth-order valence-electron chi connectivity index (χ4n) is 2.38. The van der Waals surface area contributed by atoms with Gasteiger partial charge in [0.05, 0.1) is 17.7 Å². The first-order chi connectivity index (χ1) is 13.3. The van der Waals surface area contributed by atoms with Crippen LogP contribution in [0.4, 0.5) is 4.79 Å². The van der Waals surface area contributed by atoms with Gasteiger partial charge in [-0.1, -0.05) is 30.3 Å². The Balaban J connectivity index is 1.84. The highest BCUT2D eigenvalue weighted by Crippen LogP contribution is 2.21. The van der Waals surface area contributed by atoms with E-state index in [-0.39, 0.29) is 12.4 Å². The molecular formula is C17H18N2O8S. The van der Waals surface area contributed by atoms with Crippen LogP contribution in [0.5, 0.6) is 0 Å². The third-order valence-electron chi connectivity index (χ3n) is 3.84. The number of Topliss-reactive ketones (excluding diaryl/α,β-unsaturated/α-hetero) is 1. The minimum Gasteiger partial charge on any atom is -0.481 e. The maximum absolute atomic E-state index is 11.9. The van der Waals surface area contributed by atoms with Crippen LogP contribution < -0.4 is 10.6 Å². The molecule has 4 N–H and O–H groups in total. The Kier molecular flexibility index (Phi) is 7.38. The molecule has 1 fully saturated rings. The van der Waals surface area contributed by atoms with E-state index in [0.29, 0.717) is 0 Å². The van der Waals surface area contributed by atoms with Crippen molar-refractivity contribution >= 4 is 41.5 Å². The summed E-state index contributed by atoms with van der Waals surface area (Å²) in [5, 5.41) is 21.2. The van der Waals surface area contributed by atoms with Crippen LogP contribution in [0.1, 0.15) is 12.0 Å². The summed E-state index contributed by atoms with van der Waals surface area (Å²) in [4.78, 5) is 56.7. The van der Waals surface area contributed by atoms with Crippen molar-refractivity contribution in [1.82, 2.24) is 10.6 Å². The van der Waals surface area contributed by atoms with Crippen molar-refractivity contribution in [2.24, 2.45) is 0 Å². The summed E-state index contributed by atoms with van der Waals surface area (Å²) < 4.78 is 5.03. The van der Waals surface area contributed by atoms with Gasteiger partial charge < -0.3 is 25.6 Å². The number of ketones is 1. The maximum Gasteiger partial charge on any atom is 0.408 e. The van der Waals surface area contributed by atoms with Crippen molar-refractivity contribution in [2.75, 3.05) is 5.75 Å². The molecule has 28 heavy (non-hydrogen) atoms. The molecule has 0 spiro atoms. The summed E-state index contributed by atoms with van der Waals surface area (Å²) in [5.41, 5.74) is 0.770. The zero-order valence-electron chi connectivity index (χ0n) is 14.5. The zero-order chi connectivity index (χ0) is 20.7. The van der Waals surface area contributed by atoms with Crippen LogP contribution in [0.2, 0.25) is 0 Å². The van der Waals surface area contributed by atoms with Crippen LogP contribution in [0.25, 0.3) is 0 Å². The molecule has 1 saturated heterocycles. The van der Waals surface area contributed by atoms with Gasteiger partial charge in [-0.2, -0.15) is 0 Å². The molecule has 0 aliphatic carbocycles. The number of hydrogen-bond donors (Lipinski definition) is 4. The van der Waals surface area contributed by atoms with Crippen molar-refractivity contribution in [2.45, 2.75) is 30.4 Å². The Bertz CT molecular complexity index is 770. The van der Waals surface area contributed by atoms with Gasteiger partial charge in [0.15, 0.2) is 0 Å². The van der Waals surface area contributed by atoms with Gasteiger partial charge in [-0.25, -0.2) is 9.59 Å². The minimum atomic E-state index is -1.73. The number of alkyl carbamates (subject to hydrolysis) is 1. The second kappa shape index (κ2) is 9.74. The Morgan fingerprint density at radius 3 is 2.43 bits per heavy atom. The molecule has 1 aliphatic heterocycles. The van der Waals surface area contributed by atoms with E-state index in [1.165, 1.54) is 0 Å². The largest absolute Gasteiger partial charge is 0.481 e. The number of thioether (sulfide) groups is 1.